The van der Waals surface area contributed by atoms with Crippen molar-refractivity contribution in [2.75, 3.05) is 7.11 Å². The van der Waals surface area contributed by atoms with Gasteiger partial charge in [0, 0.05) is 0 Å². The first kappa shape index (κ1) is 14.8. The van der Waals surface area contributed by atoms with Gasteiger partial charge in [0.05, 0.1) is 19.0 Å². The van der Waals surface area contributed by atoms with Crippen LogP contribution in [0.4, 0.5) is 0 Å². The van der Waals surface area contributed by atoms with Crippen LogP contribution in [-0.4, -0.2) is 22.9 Å². The van der Waals surface area contributed by atoms with Crippen molar-refractivity contribution in [3.63, 3.8) is 0 Å². The third-order valence-electron chi connectivity index (χ3n) is 3.31. The number of ether oxygens (including phenoxy) is 2. The first-order chi connectivity index (χ1) is 11.2. The molecule has 0 amide bonds. The van der Waals surface area contributed by atoms with Gasteiger partial charge in [0.2, 0.25) is 5.69 Å². The van der Waals surface area contributed by atoms with E-state index in [1.165, 1.54) is 7.11 Å². The highest BCUT2D eigenvalue weighted by atomic mass is 16.5. The highest BCUT2D eigenvalue weighted by molar-refractivity contribution is 5.91. The van der Waals surface area contributed by atoms with Crippen LogP contribution in [0.25, 0.3) is 5.69 Å². The minimum Gasteiger partial charge on any atom is -0.493 e. The van der Waals surface area contributed by atoms with Crippen molar-refractivity contribution in [2.24, 2.45) is 0 Å². The van der Waals surface area contributed by atoms with E-state index in [1.54, 1.807) is 23.0 Å². The van der Waals surface area contributed by atoms with Gasteiger partial charge in [0.1, 0.15) is 5.75 Å². The number of esters is 1. The third kappa shape index (κ3) is 3.23. The standard InChI is InChI=1S/C18H16N2O3/c1-13-7-6-10-15(11-13)23-18(21)17-16(22-2)12-20(19-17)14-8-4-3-5-9-14/h3-12H,1-2H3. The lowest BCUT2D eigenvalue weighted by atomic mass is 10.2. The topological polar surface area (TPSA) is 53.4 Å². The Kier molecular flexibility index (Phi) is 4.10. The second-order valence-electron chi connectivity index (χ2n) is 5.03. The van der Waals surface area contributed by atoms with Crippen LogP contribution in [0.1, 0.15) is 16.1 Å². The van der Waals surface area contributed by atoms with Crippen molar-refractivity contribution in [3.8, 4) is 17.2 Å². The van der Waals surface area contributed by atoms with E-state index in [1.807, 2.05) is 49.4 Å². The Labute approximate surface area is 134 Å². The fourth-order valence-corrected chi connectivity index (χ4v) is 2.20. The summed E-state index contributed by atoms with van der Waals surface area (Å²) in [5, 5.41) is 4.29. The number of aromatic nitrogens is 2. The van der Waals surface area contributed by atoms with E-state index in [-0.39, 0.29) is 5.69 Å². The molecule has 0 N–H and O–H groups in total. The van der Waals surface area contributed by atoms with Gasteiger partial charge in [0.25, 0.3) is 0 Å². The Morgan fingerprint density at radius 3 is 2.57 bits per heavy atom. The molecule has 0 aliphatic heterocycles. The molecule has 0 radical (unpaired) electrons. The van der Waals surface area contributed by atoms with Gasteiger partial charge in [-0.3, -0.25) is 0 Å². The molecule has 3 aromatic rings. The van der Waals surface area contributed by atoms with Crippen LogP contribution in [0.3, 0.4) is 0 Å². The summed E-state index contributed by atoms with van der Waals surface area (Å²) < 4.78 is 12.2. The highest BCUT2D eigenvalue weighted by Gasteiger charge is 2.20. The number of benzene rings is 2. The number of carbonyl (C=O) groups excluding carboxylic acids is 1. The molecule has 2 aromatic carbocycles. The zero-order valence-electron chi connectivity index (χ0n) is 12.9. The van der Waals surface area contributed by atoms with E-state index >= 15 is 0 Å². The summed E-state index contributed by atoms with van der Waals surface area (Å²) in [5.74, 6) is 0.292. The predicted molar refractivity (Wildman–Crippen MR) is 86.3 cm³/mol. The second-order valence-corrected chi connectivity index (χ2v) is 5.03. The molecule has 1 heterocycles. The zero-order valence-corrected chi connectivity index (χ0v) is 12.9. The smallest absolute Gasteiger partial charge is 0.368 e. The largest absolute Gasteiger partial charge is 0.493 e. The lowest BCUT2D eigenvalue weighted by Crippen LogP contribution is -2.11. The average molecular weight is 308 g/mol. The molecule has 1 aromatic heterocycles. The van der Waals surface area contributed by atoms with Crippen molar-refractivity contribution in [1.82, 2.24) is 9.78 Å². The van der Waals surface area contributed by atoms with Gasteiger partial charge in [-0.15, -0.1) is 0 Å². The molecule has 5 heteroatoms. The van der Waals surface area contributed by atoms with Crippen LogP contribution in [0.15, 0.2) is 60.8 Å². The molecule has 0 bridgehead atoms. The van der Waals surface area contributed by atoms with Crippen molar-refractivity contribution in [2.45, 2.75) is 6.92 Å². The lowest BCUT2D eigenvalue weighted by Gasteiger charge is -2.04. The summed E-state index contributed by atoms with van der Waals surface area (Å²) >= 11 is 0. The lowest BCUT2D eigenvalue weighted by molar-refractivity contribution is 0.0724. The Hall–Kier alpha value is -3.08. The highest BCUT2D eigenvalue weighted by Crippen LogP contribution is 2.22. The van der Waals surface area contributed by atoms with Crippen LogP contribution in [0.5, 0.6) is 11.5 Å². The Balaban J connectivity index is 1.90. The predicted octanol–water partition coefficient (Wildman–Crippen LogP) is 3.41. The van der Waals surface area contributed by atoms with Gasteiger partial charge in [-0.2, -0.15) is 5.10 Å². The summed E-state index contributed by atoms with van der Waals surface area (Å²) in [4.78, 5) is 12.4. The van der Waals surface area contributed by atoms with Gasteiger partial charge in [-0.25, -0.2) is 9.48 Å². The molecular weight excluding hydrogens is 292 g/mol. The molecule has 0 atom stereocenters. The normalized spacial score (nSPS) is 10.3. The van der Waals surface area contributed by atoms with E-state index in [9.17, 15) is 4.79 Å². The van der Waals surface area contributed by atoms with Gasteiger partial charge in [0.15, 0.2) is 5.75 Å². The van der Waals surface area contributed by atoms with E-state index in [0.717, 1.165) is 11.3 Å². The van der Waals surface area contributed by atoms with Gasteiger partial charge < -0.3 is 9.47 Å². The number of hydrogen-bond acceptors (Lipinski definition) is 4. The van der Waals surface area contributed by atoms with Gasteiger partial charge in [-0.1, -0.05) is 30.3 Å². The monoisotopic (exact) mass is 308 g/mol. The molecule has 0 aliphatic carbocycles. The molecule has 5 nitrogen and oxygen atoms in total. The minimum atomic E-state index is -0.554. The van der Waals surface area contributed by atoms with Crippen LogP contribution in [0.2, 0.25) is 0 Å². The van der Waals surface area contributed by atoms with Crippen LogP contribution in [0, 0.1) is 6.92 Å². The van der Waals surface area contributed by atoms with E-state index in [2.05, 4.69) is 5.10 Å². The molecule has 0 saturated heterocycles. The minimum absolute atomic E-state index is 0.137. The summed E-state index contributed by atoms with van der Waals surface area (Å²) in [7, 11) is 1.50. The summed E-state index contributed by atoms with van der Waals surface area (Å²) in [5.41, 5.74) is 1.98. The first-order valence-corrected chi connectivity index (χ1v) is 7.15. The molecule has 23 heavy (non-hydrogen) atoms. The number of rotatable bonds is 4. The number of aryl methyl sites for hydroxylation is 1. The Bertz CT molecular complexity index is 825. The summed E-state index contributed by atoms with van der Waals surface area (Å²) in [6.45, 7) is 1.93. The quantitative estimate of drug-likeness (QED) is 0.547. The summed E-state index contributed by atoms with van der Waals surface area (Å²) in [6, 6.07) is 16.8. The number of hydrogen-bond donors (Lipinski definition) is 0. The number of carbonyl (C=O) groups is 1. The van der Waals surface area contributed by atoms with Crippen LogP contribution >= 0.6 is 0 Å². The number of methoxy groups -OCH3 is 1. The molecule has 0 unspecified atom stereocenters. The maximum absolute atomic E-state index is 12.4. The Morgan fingerprint density at radius 2 is 1.87 bits per heavy atom. The number of para-hydroxylation sites is 1. The zero-order chi connectivity index (χ0) is 16.2. The van der Waals surface area contributed by atoms with Crippen molar-refractivity contribution in [1.29, 1.82) is 0 Å². The number of nitrogens with zero attached hydrogens (tertiary/aromatic N) is 2. The van der Waals surface area contributed by atoms with Crippen molar-refractivity contribution < 1.29 is 14.3 Å². The fourth-order valence-electron chi connectivity index (χ4n) is 2.20. The molecule has 0 aliphatic rings. The van der Waals surface area contributed by atoms with Crippen LogP contribution < -0.4 is 9.47 Å². The fraction of sp³-hybridized carbons (Fsp3) is 0.111. The van der Waals surface area contributed by atoms with Crippen molar-refractivity contribution in [3.05, 3.63) is 72.1 Å². The van der Waals surface area contributed by atoms with E-state index < -0.39 is 5.97 Å². The third-order valence-corrected chi connectivity index (χ3v) is 3.31. The van der Waals surface area contributed by atoms with Crippen molar-refractivity contribution >= 4 is 5.97 Å². The molecular formula is C18H16N2O3. The second kappa shape index (κ2) is 6.36. The first-order valence-electron chi connectivity index (χ1n) is 7.15. The molecule has 3 rings (SSSR count). The van der Waals surface area contributed by atoms with Gasteiger partial charge in [-0.05, 0) is 36.8 Å². The van der Waals surface area contributed by atoms with Gasteiger partial charge >= 0.3 is 5.97 Å². The Morgan fingerprint density at radius 1 is 1.09 bits per heavy atom. The average Bonchev–Trinajstić information content (AvgIpc) is 3.00. The van der Waals surface area contributed by atoms with E-state index in [0.29, 0.717) is 11.5 Å². The molecule has 0 saturated carbocycles. The maximum atomic E-state index is 12.4. The maximum Gasteiger partial charge on any atom is 0.368 e. The summed E-state index contributed by atoms with van der Waals surface area (Å²) in [6.07, 6.45) is 1.65. The molecule has 0 fully saturated rings. The SMILES string of the molecule is COc1cn(-c2ccccc2)nc1C(=O)Oc1cccc(C)c1. The molecule has 116 valence electrons. The van der Waals surface area contributed by atoms with E-state index in [4.69, 9.17) is 9.47 Å². The van der Waals surface area contributed by atoms with Crippen LogP contribution in [-0.2, 0) is 0 Å². The molecule has 0 spiro atoms.